The van der Waals surface area contributed by atoms with Gasteiger partial charge in [0.2, 0.25) is 0 Å². The number of hydrogen-bond acceptors (Lipinski definition) is 3. The normalized spacial score (nSPS) is 9.93. The van der Waals surface area contributed by atoms with Gasteiger partial charge in [0.15, 0.2) is 0 Å². The largest absolute Gasteiger partial charge is 0.352 e. The highest BCUT2D eigenvalue weighted by molar-refractivity contribution is 14.1. The van der Waals surface area contributed by atoms with Gasteiger partial charge < -0.3 is 5.32 Å². The number of amides is 1. The van der Waals surface area contributed by atoms with Crippen molar-refractivity contribution in [3.63, 3.8) is 0 Å². The molecule has 0 aliphatic heterocycles. The van der Waals surface area contributed by atoms with Gasteiger partial charge in [0.1, 0.15) is 0 Å². The molecule has 82 valence electrons. The Bertz CT molecular complexity index is 292. The molecule has 0 atom stereocenters. The fourth-order valence-electron chi connectivity index (χ4n) is 1.13. The van der Waals surface area contributed by atoms with Gasteiger partial charge in [-0.3, -0.25) is 4.79 Å². The zero-order valence-electron chi connectivity index (χ0n) is 8.45. The highest BCUT2D eigenvalue weighted by Gasteiger charge is 2.03. The molecule has 0 aliphatic carbocycles. The molecule has 0 saturated carbocycles. The molecule has 15 heavy (non-hydrogen) atoms. The second-order valence-corrected chi connectivity index (χ2v) is 4.22. The maximum atomic E-state index is 11.5. The molecule has 1 heterocycles. The SMILES string of the molecule is O=C(NCCCCCI)c1ccnnc1. The van der Waals surface area contributed by atoms with Crippen LogP contribution < -0.4 is 5.32 Å². The van der Waals surface area contributed by atoms with E-state index in [9.17, 15) is 4.79 Å². The minimum atomic E-state index is -0.0700. The lowest BCUT2D eigenvalue weighted by atomic mass is 10.2. The lowest BCUT2D eigenvalue weighted by Crippen LogP contribution is -2.24. The lowest BCUT2D eigenvalue weighted by Gasteiger charge is -2.03. The number of carbonyl (C=O) groups is 1. The Hall–Kier alpha value is -0.720. The second kappa shape index (κ2) is 7.56. The summed E-state index contributed by atoms with van der Waals surface area (Å²) in [5.74, 6) is -0.0700. The van der Waals surface area contributed by atoms with Gasteiger partial charge >= 0.3 is 0 Å². The molecule has 1 aromatic heterocycles. The van der Waals surface area contributed by atoms with E-state index in [4.69, 9.17) is 0 Å². The molecule has 5 heteroatoms. The van der Waals surface area contributed by atoms with Crippen LogP contribution in [0, 0.1) is 0 Å². The first-order valence-corrected chi connectivity index (χ1v) is 6.48. The van der Waals surface area contributed by atoms with Crippen LogP contribution in [0.3, 0.4) is 0 Å². The molecule has 0 fully saturated rings. The van der Waals surface area contributed by atoms with Gasteiger partial charge in [-0.1, -0.05) is 29.0 Å². The minimum Gasteiger partial charge on any atom is -0.352 e. The summed E-state index contributed by atoms with van der Waals surface area (Å²) >= 11 is 2.36. The molecule has 1 N–H and O–H groups in total. The van der Waals surface area contributed by atoms with E-state index in [1.54, 1.807) is 6.07 Å². The molecule has 0 radical (unpaired) electrons. The molecule has 0 saturated heterocycles. The summed E-state index contributed by atoms with van der Waals surface area (Å²) in [5.41, 5.74) is 0.568. The van der Waals surface area contributed by atoms with Crippen LogP contribution >= 0.6 is 22.6 Å². The van der Waals surface area contributed by atoms with Crippen molar-refractivity contribution in [2.75, 3.05) is 11.0 Å². The number of hydrogen-bond donors (Lipinski definition) is 1. The summed E-state index contributed by atoms with van der Waals surface area (Å²) in [4.78, 5) is 11.5. The van der Waals surface area contributed by atoms with Crippen LogP contribution in [0.4, 0.5) is 0 Å². The summed E-state index contributed by atoms with van der Waals surface area (Å²) < 4.78 is 1.18. The van der Waals surface area contributed by atoms with Gasteiger partial charge in [-0.15, -0.1) is 0 Å². The van der Waals surface area contributed by atoms with Crippen LogP contribution in [0.25, 0.3) is 0 Å². The highest BCUT2D eigenvalue weighted by atomic mass is 127. The predicted octanol–water partition coefficient (Wildman–Crippen LogP) is 1.81. The van der Waals surface area contributed by atoms with Crippen molar-refractivity contribution in [1.82, 2.24) is 15.5 Å². The van der Waals surface area contributed by atoms with Crippen LogP contribution in [0.2, 0.25) is 0 Å². The summed E-state index contributed by atoms with van der Waals surface area (Å²) in [6.07, 6.45) is 6.41. The van der Waals surface area contributed by atoms with E-state index < -0.39 is 0 Å². The van der Waals surface area contributed by atoms with Gasteiger partial charge in [-0.25, -0.2) is 0 Å². The first kappa shape index (κ1) is 12.4. The van der Waals surface area contributed by atoms with E-state index >= 15 is 0 Å². The van der Waals surface area contributed by atoms with Crippen LogP contribution in [-0.2, 0) is 0 Å². The lowest BCUT2D eigenvalue weighted by molar-refractivity contribution is 0.0952. The second-order valence-electron chi connectivity index (χ2n) is 3.14. The molecule has 1 aromatic rings. The van der Waals surface area contributed by atoms with Gasteiger partial charge in [-0.2, -0.15) is 10.2 Å². The summed E-state index contributed by atoms with van der Waals surface area (Å²) in [5, 5.41) is 10.1. The first-order valence-electron chi connectivity index (χ1n) is 4.95. The number of nitrogens with zero attached hydrogens (tertiary/aromatic N) is 2. The molecular weight excluding hydrogens is 305 g/mol. The van der Waals surface area contributed by atoms with E-state index in [2.05, 4.69) is 38.1 Å². The van der Waals surface area contributed by atoms with Crippen molar-refractivity contribution in [3.05, 3.63) is 24.0 Å². The maximum Gasteiger partial charge on any atom is 0.252 e. The third kappa shape index (κ3) is 5.06. The summed E-state index contributed by atoms with van der Waals surface area (Å²) in [6.45, 7) is 0.734. The van der Waals surface area contributed by atoms with E-state index in [1.807, 2.05) is 0 Å². The number of nitrogens with one attached hydrogen (secondary N) is 1. The Morgan fingerprint density at radius 3 is 2.87 bits per heavy atom. The number of rotatable bonds is 6. The van der Waals surface area contributed by atoms with Crippen LogP contribution in [0.15, 0.2) is 18.5 Å². The van der Waals surface area contributed by atoms with Crippen LogP contribution in [0.5, 0.6) is 0 Å². The van der Waals surface area contributed by atoms with Crippen LogP contribution in [-0.4, -0.2) is 27.1 Å². The monoisotopic (exact) mass is 319 g/mol. The van der Waals surface area contributed by atoms with Gasteiger partial charge in [0, 0.05) is 6.54 Å². The molecule has 4 nitrogen and oxygen atoms in total. The maximum absolute atomic E-state index is 11.5. The summed E-state index contributed by atoms with van der Waals surface area (Å²) in [7, 11) is 0. The Morgan fingerprint density at radius 2 is 2.20 bits per heavy atom. The van der Waals surface area contributed by atoms with Crippen molar-refractivity contribution in [1.29, 1.82) is 0 Å². The molecule has 0 bridgehead atoms. The highest BCUT2D eigenvalue weighted by Crippen LogP contribution is 1.98. The molecule has 0 aromatic carbocycles. The molecular formula is C10H14IN3O. The molecule has 0 spiro atoms. The molecule has 1 amide bonds. The van der Waals surface area contributed by atoms with E-state index in [-0.39, 0.29) is 5.91 Å². The number of halogens is 1. The zero-order chi connectivity index (χ0) is 10.9. The number of alkyl halides is 1. The average molecular weight is 319 g/mol. The predicted molar refractivity (Wildman–Crippen MR) is 67.1 cm³/mol. The van der Waals surface area contributed by atoms with Crippen molar-refractivity contribution in [2.24, 2.45) is 0 Å². The molecule has 0 aliphatic rings. The Kier molecular flexibility index (Phi) is 6.22. The smallest absolute Gasteiger partial charge is 0.252 e. The number of unbranched alkanes of at least 4 members (excludes halogenated alkanes) is 2. The zero-order valence-corrected chi connectivity index (χ0v) is 10.6. The fraction of sp³-hybridized carbons (Fsp3) is 0.500. The van der Waals surface area contributed by atoms with Crippen LogP contribution in [0.1, 0.15) is 29.6 Å². The van der Waals surface area contributed by atoms with Crippen molar-refractivity contribution in [3.8, 4) is 0 Å². The minimum absolute atomic E-state index is 0.0700. The Morgan fingerprint density at radius 1 is 1.33 bits per heavy atom. The van der Waals surface area contributed by atoms with Gasteiger partial charge in [0.25, 0.3) is 5.91 Å². The number of aromatic nitrogens is 2. The van der Waals surface area contributed by atoms with Gasteiger partial charge in [0.05, 0.1) is 18.0 Å². The molecule has 0 unspecified atom stereocenters. The first-order chi connectivity index (χ1) is 7.34. The topological polar surface area (TPSA) is 54.9 Å². The third-order valence-electron chi connectivity index (χ3n) is 1.94. The van der Waals surface area contributed by atoms with Crippen molar-refractivity contribution in [2.45, 2.75) is 19.3 Å². The number of carbonyl (C=O) groups excluding carboxylic acids is 1. The molecule has 1 rings (SSSR count). The van der Waals surface area contributed by atoms with E-state index in [0.717, 1.165) is 19.4 Å². The van der Waals surface area contributed by atoms with Crippen molar-refractivity contribution >= 4 is 28.5 Å². The standard InChI is InChI=1S/C10H14IN3O/c11-5-2-1-3-6-12-10(15)9-4-7-13-14-8-9/h4,7-8H,1-3,5-6H2,(H,12,15). The fourth-order valence-corrected chi connectivity index (χ4v) is 1.66. The van der Waals surface area contributed by atoms with Crippen molar-refractivity contribution < 1.29 is 4.79 Å². The Balaban J connectivity index is 2.20. The quantitative estimate of drug-likeness (QED) is 0.494. The van der Waals surface area contributed by atoms with Gasteiger partial charge in [-0.05, 0) is 23.3 Å². The average Bonchev–Trinajstić information content (AvgIpc) is 2.30. The van der Waals surface area contributed by atoms with E-state index in [0.29, 0.717) is 5.56 Å². The van der Waals surface area contributed by atoms with E-state index in [1.165, 1.54) is 23.2 Å². The summed E-state index contributed by atoms with van der Waals surface area (Å²) in [6, 6.07) is 1.66. The third-order valence-corrected chi connectivity index (χ3v) is 2.71. The Labute approximate surface area is 103 Å².